The van der Waals surface area contributed by atoms with E-state index < -0.39 is 0 Å². The van der Waals surface area contributed by atoms with Crippen molar-refractivity contribution in [2.75, 3.05) is 5.33 Å². The van der Waals surface area contributed by atoms with Crippen LogP contribution >= 0.6 is 38.5 Å². The van der Waals surface area contributed by atoms with Crippen molar-refractivity contribution in [1.82, 2.24) is 0 Å². The van der Waals surface area contributed by atoms with Crippen LogP contribution in [-0.2, 0) is 6.42 Å². The summed E-state index contributed by atoms with van der Waals surface area (Å²) < 4.78 is 1.29. The van der Waals surface area contributed by atoms with Gasteiger partial charge in [-0.1, -0.05) is 57.9 Å². The topological polar surface area (TPSA) is 0 Å². The van der Waals surface area contributed by atoms with Crippen LogP contribution in [0.25, 0.3) is 0 Å². The fourth-order valence-electron chi connectivity index (χ4n) is 2.01. The monoisotopic (exact) mass is 414 g/mol. The van der Waals surface area contributed by atoms with Gasteiger partial charge < -0.3 is 0 Å². The van der Waals surface area contributed by atoms with E-state index in [9.17, 15) is 0 Å². The molecule has 0 saturated heterocycles. The molecule has 2 aromatic rings. The maximum atomic E-state index is 3.64. The van der Waals surface area contributed by atoms with Gasteiger partial charge in [0.25, 0.3) is 0 Å². The Morgan fingerprint density at radius 3 is 2.17 bits per heavy atom. The van der Waals surface area contributed by atoms with E-state index in [1.165, 1.54) is 20.3 Å². The molecule has 0 aliphatic carbocycles. The van der Waals surface area contributed by atoms with Crippen LogP contribution in [0.3, 0.4) is 0 Å². The lowest BCUT2D eigenvalue weighted by atomic mass is 9.93. The predicted molar refractivity (Wildman–Crippen MR) is 90.6 cm³/mol. The van der Waals surface area contributed by atoms with Crippen LogP contribution < -0.4 is 0 Å². The first kappa shape index (κ1) is 14.1. The summed E-state index contributed by atoms with van der Waals surface area (Å²) >= 11 is 5.99. The van der Waals surface area contributed by atoms with Crippen molar-refractivity contribution < 1.29 is 0 Å². The van der Waals surface area contributed by atoms with E-state index in [1.54, 1.807) is 0 Å². The molecule has 2 heteroatoms. The number of halogens is 2. The minimum Gasteiger partial charge on any atom is -0.0921 e. The van der Waals surface area contributed by atoms with E-state index in [0.29, 0.717) is 5.92 Å². The first-order valence-electron chi connectivity index (χ1n) is 6.06. The summed E-state index contributed by atoms with van der Waals surface area (Å²) in [6.07, 6.45) is 1.09. The van der Waals surface area contributed by atoms with Gasteiger partial charge in [-0.15, -0.1) is 0 Å². The van der Waals surface area contributed by atoms with Crippen molar-refractivity contribution >= 4 is 38.5 Å². The lowest BCUT2D eigenvalue weighted by molar-refractivity contribution is 0.775. The summed E-state index contributed by atoms with van der Waals surface area (Å²) in [7, 11) is 0. The van der Waals surface area contributed by atoms with Gasteiger partial charge in [-0.25, -0.2) is 0 Å². The van der Waals surface area contributed by atoms with Crippen molar-refractivity contribution in [3.8, 4) is 0 Å². The zero-order valence-corrected chi connectivity index (χ0v) is 14.1. The number of hydrogen-bond donors (Lipinski definition) is 0. The van der Waals surface area contributed by atoms with Gasteiger partial charge in [-0.3, -0.25) is 0 Å². The number of alkyl halides is 1. The summed E-state index contributed by atoms with van der Waals surface area (Å²) in [5.41, 5.74) is 4.14. The molecule has 1 atom stereocenters. The molecule has 0 aliphatic heterocycles. The molecule has 0 radical (unpaired) electrons. The Kier molecular flexibility index (Phi) is 5.25. The molecule has 18 heavy (non-hydrogen) atoms. The van der Waals surface area contributed by atoms with Gasteiger partial charge >= 0.3 is 0 Å². The minimum atomic E-state index is 0.547. The third-order valence-electron chi connectivity index (χ3n) is 3.13. The molecular formula is C16H16BrI. The van der Waals surface area contributed by atoms with Gasteiger partial charge in [-0.2, -0.15) is 0 Å². The second-order valence-corrected chi connectivity index (χ2v) is 6.49. The second-order valence-electron chi connectivity index (χ2n) is 4.59. The van der Waals surface area contributed by atoms with Gasteiger partial charge in [0, 0.05) is 8.90 Å². The van der Waals surface area contributed by atoms with E-state index in [1.807, 2.05) is 0 Å². The van der Waals surface area contributed by atoms with Gasteiger partial charge in [0.15, 0.2) is 0 Å². The Morgan fingerprint density at radius 1 is 1.00 bits per heavy atom. The fourth-order valence-corrected chi connectivity index (χ4v) is 2.97. The molecule has 94 valence electrons. The molecule has 0 aromatic heterocycles. The Hall–Kier alpha value is -0.350. The van der Waals surface area contributed by atoms with E-state index in [-0.39, 0.29) is 0 Å². The van der Waals surface area contributed by atoms with E-state index in [0.717, 1.165) is 11.8 Å². The van der Waals surface area contributed by atoms with Crippen molar-refractivity contribution in [3.63, 3.8) is 0 Å². The number of rotatable bonds is 4. The molecule has 0 heterocycles. The SMILES string of the molecule is Cc1ccc(C(CBr)Cc2ccc(I)cc2)cc1. The number of hydrogen-bond acceptors (Lipinski definition) is 0. The zero-order chi connectivity index (χ0) is 13.0. The highest BCUT2D eigenvalue weighted by Gasteiger charge is 2.10. The van der Waals surface area contributed by atoms with Crippen LogP contribution in [0.5, 0.6) is 0 Å². The Bertz CT molecular complexity index is 488. The van der Waals surface area contributed by atoms with E-state index in [4.69, 9.17) is 0 Å². The molecule has 2 aromatic carbocycles. The zero-order valence-electron chi connectivity index (χ0n) is 10.4. The highest BCUT2D eigenvalue weighted by molar-refractivity contribution is 14.1. The average Bonchev–Trinajstić information content (AvgIpc) is 2.39. The summed E-state index contributed by atoms with van der Waals surface area (Å²) in [5.74, 6) is 0.547. The Morgan fingerprint density at radius 2 is 1.61 bits per heavy atom. The largest absolute Gasteiger partial charge is 0.0921 e. The maximum Gasteiger partial charge on any atom is 0.0130 e. The molecule has 0 amide bonds. The molecule has 0 aliphatic rings. The first-order chi connectivity index (χ1) is 8.69. The van der Waals surface area contributed by atoms with Gasteiger partial charge in [-0.05, 0) is 65.1 Å². The van der Waals surface area contributed by atoms with Crippen LogP contribution in [0.2, 0.25) is 0 Å². The molecule has 0 fully saturated rings. The van der Waals surface area contributed by atoms with Gasteiger partial charge in [0.1, 0.15) is 0 Å². The van der Waals surface area contributed by atoms with Gasteiger partial charge in [0.2, 0.25) is 0 Å². The quantitative estimate of drug-likeness (QED) is 0.469. The van der Waals surface area contributed by atoms with Crippen LogP contribution in [0.4, 0.5) is 0 Å². The van der Waals surface area contributed by atoms with Crippen LogP contribution in [-0.4, -0.2) is 5.33 Å². The molecule has 0 nitrogen and oxygen atoms in total. The summed E-state index contributed by atoms with van der Waals surface area (Å²) in [6.45, 7) is 2.13. The van der Waals surface area contributed by atoms with Crippen molar-refractivity contribution in [3.05, 3.63) is 68.8 Å². The fraction of sp³-hybridized carbons (Fsp3) is 0.250. The molecule has 0 spiro atoms. The van der Waals surface area contributed by atoms with E-state index >= 15 is 0 Å². The van der Waals surface area contributed by atoms with Crippen molar-refractivity contribution in [2.45, 2.75) is 19.3 Å². The summed E-state index contributed by atoms with van der Waals surface area (Å²) in [4.78, 5) is 0. The first-order valence-corrected chi connectivity index (χ1v) is 8.26. The molecule has 2 rings (SSSR count). The molecular weight excluding hydrogens is 399 g/mol. The van der Waals surface area contributed by atoms with Crippen LogP contribution in [0, 0.1) is 10.5 Å². The van der Waals surface area contributed by atoms with E-state index in [2.05, 4.69) is 94.0 Å². The standard InChI is InChI=1S/C16H16BrI/c1-12-2-6-14(7-3-12)15(11-17)10-13-4-8-16(18)9-5-13/h2-9,15H,10-11H2,1H3. The lowest BCUT2D eigenvalue weighted by Gasteiger charge is -2.15. The highest BCUT2D eigenvalue weighted by atomic mass is 127. The minimum absolute atomic E-state index is 0.547. The summed E-state index contributed by atoms with van der Waals surface area (Å²) in [6, 6.07) is 17.7. The summed E-state index contributed by atoms with van der Waals surface area (Å²) in [5, 5.41) is 1.00. The Balaban J connectivity index is 2.14. The number of benzene rings is 2. The number of aryl methyl sites for hydroxylation is 1. The second kappa shape index (κ2) is 6.71. The Labute approximate surface area is 131 Å². The maximum absolute atomic E-state index is 3.64. The molecule has 0 N–H and O–H groups in total. The molecule has 0 saturated carbocycles. The third-order valence-corrected chi connectivity index (χ3v) is 4.63. The third kappa shape index (κ3) is 3.82. The van der Waals surface area contributed by atoms with Crippen molar-refractivity contribution in [2.24, 2.45) is 0 Å². The molecule has 1 unspecified atom stereocenters. The predicted octanol–water partition coefficient (Wildman–Crippen LogP) is 5.32. The average molecular weight is 415 g/mol. The molecule has 0 bridgehead atoms. The lowest BCUT2D eigenvalue weighted by Crippen LogP contribution is -2.04. The van der Waals surface area contributed by atoms with Crippen LogP contribution in [0.1, 0.15) is 22.6 Å². The smallest absolute Gasteiger partial charge is 0.0130 e. The normalized spacial score (nSPS) is 12.4. The van der Waals surface area contributed by atoms with Gasteiger partial charge in [0.05, 0.1) is 0 Å². The highest BCUT2D eigenvalue weighted by Crippen LogP contribution is 2.23. The van der Waals surface area contributed by atoms with Crippen molar-refractivity contribution in [1.29, 1.82) is 0 Å². The van der Waals surface area contributed by atoms with Crippen LogP contribution in [0.15, 0.2) is 48.5 Å².